The van der Waals surface area contributed by atoms with E-state index in [2.05, 4.69) is 29.4 Å². The molecule has 7 heteroatoms. The third-order valence-electron chi connectivity index (χ3n) is 4.74. The van der Waals surface area contributed by atoms with Crippen LogP contribution in [0, 0.1) is 6.92 Å². The molecule has 0 aliphatic rings. The molecule has 0 saturated carbocycles. The molecule has 0 radical (unpaired) electrons. The number of hydrogen-bond acceptors (Lipinski definition) is 5. The van der Waals surface area contributed by atoms with Gasteiger partial charge in [0, 0.05) is 5.71 Å². The van der Waals surface area contributed by atoms with Crippen LogP contribution in [-0.2, 0) is 17.1 Å². The largest absolute Gasteiger partial charge is 1.00 e. The molecule has 0 aliphatic heterocycles. The van der Waals surface area contributed by atoms with Gasteiger partial charge in [0.25, 0.3) is 0 Å². The smallest absolute Gasteiger partial charge is 0.655 e. The number of aryl methyl sites for hydroxylation is 1. The number of hydrogen-bond donors (Lipinski definition) is 0. The van der Waals surface area contributed by atoms with Crippen molar-refractivity contribution in [1.82, 2.24) is 0 Å². The number of aliphatic imine (C=N–C) groups is 1. The SMILES string of the molecule is COc1cccc(OC)c1N=C(C)/C=C(/C)[N-]c1c(OC)cccc1OC.Cc1ccccc1.[Cu+]. The summed E-state index contributed by atoms with van der Waals surface area (Å²) in [5, 5.41) is 4.64. The predicted molar refractivity (Wildman–Crippen MR) is 140 cm³/mol. The van der Waals surface area contributed by atoms with Gasteiger partial charge in [-0.25, -0.2) is 4.99 Å². The molecule has 3 aromatic rings. The Hall–Kier alpha value is -3.41. The van der Waals surface area contributed by atoms with E-state index in [1.54, 1.807) is 28.4 Å². The maximum absolute atomic E-state index is 5.39. The van der Waals surface area contributed by atoms with E-state index < -0.39 is 0 Å². The van der Waals surface area contributed by atoms with Gasteiger partial charge in [0.15, 0.2) is 0 Å². The first-order valence-electron chi connectivity index (χ1n) is 10.8. The molecule has 0 saturated heterocycles. The van der Waals surface area contributed by atoms with Crippen molar-refractivity contribution in [2.45, 2.75) is 20.8 Å². The standard InChI is InChI=1S/C21H25N2O4.C7H8.Cu/c1-14(22-20-16(24-3)9-7-10-17(20)25-4)13-15(2)23-21-18(26-5)11-8-12-19(21)27-6;1-7-5-3-2-4-6-7;/h7-13H,1-6H3;2-6H,1H3;/q-1;;+1/b14-13-,23-15?;;. The number of allylic oxidation sites excluding steroid dienone is 2. The summed E-state index contributed by atoms with van der Waals surface area (Å²) < 4.78 is 21.5. The number of nitrogens with zero attached hydrogens (tertiary/aromatic N) is 2. The van der Waals surface area contributed by atoms with Crippen LogP contribution in [0.4, 0.5) is 11.4 Å². The molecule has 0 atom stereocenters. The maximum atomic E-state index is 5.39. The van der Waals surface area contributed by atoms with Crippen LogP contribution in [-0.4, -0.2) is 34.2 Å². The van der Waals surface area contributed by atoms with Gasteiger partial charge in [0.2, 0.25) is 0 Å². The van der Waals surface area contributed by atoms with Crippen molar-refractivity contribution < 1.29 is 36.0 Å². The van der Waals surface area contributed by atoms with Crippen LogP contribution in [0.15, 0.2) is 83.5 Å². The molecule has 0 fully saturated rings. The summed E-state index contributed by atoms with van der Waals surface area (Å²) in [6.07, 6.45) is 1.87. The quantitative estimate of drug-likeness (QED) is 0.227. The van der Waals surface area contributed by atoms with Crippen molar-refractivity contribution in [3.8, 4) is 23.0 Å². The summed E-state index contributed by atoms with van der Waals surface area (Å²) in [7, 11) is 6.42. The van der Waals surface area contributed by atoms with Crippen molar-refractivity contribution in [2.24, 2.45) is 4.99 Å². The number of benzene rings is 3. The second kappa shape index (κ2) is 15.5. The average molecular weight is 525 g/mol. The Morgan fingerprint density at radius 2 is 1.14 bits per heavy atom. The fourth-order valence-corrected chi connectivity index (χ4v) is 3.14. The van der Waals surface area contributed by atoms with Crippen LogP contribution in [0.25, 0.3) is 5.32 Å². The number of ether oxygens (including phenoxy) is 4. The monoisotopic (exact) mass is 524 g/mol. The predicted octanol–water partition coefficient (Wildman–Crippen LogP) is 7.42. The van der Waals surface area contributed by atoms with Crippen LogP contribution in [0.2, 0.25) is 0 Å². The number of para-hydroxylation sites is 2. The van der Waals surface area contributed by atoms with Gasteiger partial charge in [-0.1, -0.05) is 66.7 Å². The topological polar surface area (TPSA) is 63.4 Å². The van der Waals surface area contributed by atoms with E-state index in [0.29, 0.717) is 34.4 Å². The van der Waals surface area contributed by atoms with Crippen molar-refractivity contribution in [2.75, 3.05) is 28.4 Å². The Kier molecular flexibility index (Phi) is 13.1. The van der Waals surface area contributed by atoms with E-state index in [9.17, 15) is 0 Å². The minimum atomic E-state index is 0. The maximum Gasteiger partial charge on any atom is 1.00 e. The van der Waals surface area contributed by atoms with Gasteiger partial charge in [-0.3, -0.25) is 0 Å². The average Bonchev–Trinajstić information content (AvgIpc) is 2.85. The summed E-state index contributed by atoms with van der Waals surface area (Å²) in [6.45, 7) is 5.87. The van der Waals surface area contributed by atoms with Crippen molar-refractivity contribution >= 4 is 17.1 Å². The van der Waals surface area contributed by atoms with Gasteiger partial charge >= 0.3 is 17.1 Å². The molecule has 0 bridgehead atoms. The molecular formula is C28H33CuN2O4. The van der Waals surface area contributed by atoms with E-state index in [0.717, 1.165) is 11.4 Å². The van der Waals surface area contributed by atoms with Gasteiger partial charge in [0.05, 0.1) is 28.4 Å². The Labute approximate surface area is 219 Å². The Balaban J connectivity index is 0.000000656. The third-order valence-corrected chi connectivity index (χ3v) is 4.74. The zero-order chi connectivity index (χ0) is 24.9. The summed E-state index contributed by atoms with van der Waals surface area (Å²) in [5.74, 6) is 2.57. The Morgan fingerprint density at radius 1 is 0.686 bits per heavy atom. The molecule has 190 valence electrons. The molecule has 0 aliphatic carbocycles. The van der Waals surface area contributed by atoms with Crippen LogP contribution in [0.3, 0.4) is 0 Å². The fraction of sp³-hybridized carbons (Fsp3) is 0.250. The summed E-state index contributed by atoms with van der Waals surface area (Å²) in [4.78, 5) is 4.64. The number of rotatable bonds is 8. The van der Waals surface area contributed by atoms with E-state index >= 15 is 0 Å². The van der Waals surface area contributed by atoms with E-state index in [4.69, 9.17) is 18.9 Å². The van der Waals surface area contributed by atoms with E-state index in [-0.39, 0.29) is 17.1 Å². The first-order chi connectivity index (χ1) is 16.4. The summed E-state index contributed by atoms with van der Waals surface area (Å²) in [5.41, 5.74) is 4.11. The molecule has 0 spiro atoms. The molecular weight excluding hydrogens is 492 g/mol. The van der Waals surface area contributed by atoms with Crippen molar-refractivity contribution in [3.63, 3.8) is 0 Å². The number of methoxy groups -OCH3 is 4. The summed E-state index contributed by atoms with van der Waals surface area (Å²) >= 11 is 0. The summed E-state index contributed by atoms with van der Waals surface area (Å²) in [6, 6.07) is 21.3. The van der Waals surface area contributed by atoms with Crippen LogP contribution >= 0.6 is 0 Å². The molecule has 35 heavy (non-hydrogen) atoms. The first-order valence-corrected chi connectivity index (χ1v) is 10.8. The van der Waals surface area contributed by atoms with E-state index in [1.165, 1.54) is 5.56 Å². The third kappa shape index (κ3) is 9.04. The Bertz CT molecular complexity index is 1070. The first kappa shape index (κ1) is 29.6. The van der Waals surface area contributed by atoms with Gasteiger partial charge in [0.1, 0.15) is 28.7 Å². The van der Waals surface area contributed by atoms with Gasteiger partial charge < -0.3 is 24.3 Å². The van der Waals surface area contributed by atoms with E-state index in [1.807, 2.05) is 74.5 Å². The molecule has 0 N–H and O–H groups in total. The normalized spacial score (nSPS) is 10.8. The zero-order valence-corrected chi connectivity index (χ0v) is 22.2. The molecule has 3 rings (SSSR count). The van der Waals surface area contributed by atoms with Gasteiger partial charge in [-0.2, -0.15) is 5.70 Å². The van der Waals surface area contributed by atoms with Crippen LogP contribution in [0.1, 0.15) is 19.4 Å². The minimum Gasteiger partial charge on any atom is -0.655 e. The zero-order valence-electron chi connectivity index (χ0n) is 21.3. The second-order valence-corrected chi connectivity index (χ2v) is 7.33. The second-order valence-electron chi connectivity index (χ2n) is 7.33. The Morgan fingerprint density at radius 3 is 1.54 bits per heavy atom. The molecule has 3 aromatic carbocycles. The van der Waals surface area contributed by atoms with Gasteiger partial charge in [-0.15, -0.1) is 0 Å². The molecule has 0 aromatic heterocycles. The molecule has 0 amide bonds. The molecule has 0 unspecified atom stereocenters. The fourth-order valence-electron chi connectivity index (χ4n) is 3.14. The minimum absolute atomic E-state index is 0. The van der Waals surface area contributed by atoms with Crippen LogP contribution < -0.4 is 18.9 Å². The van der Waals surface area contributed by atoms with Gasteiger partial charge in [-0.05, 0) is 38.1 Å². The molecule has 6 nitrogen and oxygen atoms in total. The van der Waals surface area contributed by atoms with Crippen molar-refractivity contribution in [1.29, 1.82) is 0 Å². The van der Waals surface area contributed by atoms with Crippen LogP contribution in [0.5, 0.6) is 23.0 Å². The molecule has 0 heterocycles. The van der Waals surface area contributed by atoms with Crippen molar-refractivity contribution in [3.05, 3.63) is 89.4 Å².